The van der Waals surface area contributed by atoms with Crippen molar-refractivity contribution < 1.29 is 25.9 Å². The van der Waals surface area contributed by atoms with Crippen LogP contribution in [0, 0.1) is 0 Å². The topological polar surface area (TPSA) is 109 Å². The van der Waals surface area contributed by atoms with Gasteiger partial charge in [0.05, 0.1) is 9.92 Å². The Kier molecular flexibility index (Phi) is 3.31. The summed E-state index contributed by atoms with van der Waals surface area (Å²) in [5, 5.41) is 0.478. The van der Waals surface area contributed by atoms with Gasteiger partial charge < -0.3 is 0 Å². The lowest BCUT2D eigenvalue weighted by Crippen LogP contribution is -2.00. The first-order valence-electron chi connectivity index (χ1n) is 4.77. The van der Waals surface area contributed by atoms with Crippen molar-refractivity contribution in [2.24, 2.45) is 0 Å². The Morgan fingerprint density at radius 2 is 1.47 bits per heavy atom. The second-order valence-corrected chi connectivity index (χ2v) is 6.96. The van der Waals surface area contributed by atoms with Crippen LogP contribution >= 0.6 is 11.6 Å². The van der Waals surface area contributed by atoms with Crippen LogP contribution in [0.25, 0.3) is 10.8 Å². The van der Waals surface area contributed by atoms with E-state index < -0.39 is 25.1 Å². The number of hydrogen-bond donors (Lipinski definition) is 2. The van der Waals surface area contributed by atoms with Gasteiger partial charge in [-0.1, -0.05) is 17.7 Å². The van der Waals surface area contributed by atoms with Crippen LogP contribution in [0.1, 0.15) is 0 Å². The number of halogens is 1. The summed E-state index contributed by atoms with van der Waals surface area (Å²) in [6, 6.07) is 5.89. The first-order valence-corrected chi connectivity index (χ1v) is 8.03. The molecule has 19 heavy (non-hydrogen) atoms. The van der Waals surface area contributed by atoms with Crippen LogP contribution in [0.3, 0.4) is 0 Å². The average Bonchev–Trinajstić information content (AvgIpc) is 2.24. The van der Waals surface area contributed by atoms with Crippen LogP contribution in [0.2, 0.25) is 5.02 Å². The van der Waals surface area contributed by atoms with E-state index in [4.69, 9.17) is 20.7 Å². The largest absolute Gasteiger partial charge is 0.296 e. The van der Waals surface area contributed by atoms with E-state index >= 15 is 0 Å². The van der Waals surface area contributed by atoms with E-state index in [9.17, 15) is 16.8 Å². The van der Waals surface area contributed by atoms with Crippen LogP contribution in [-0.4, -0.2) is 25.9 Å². The summed E-state index contributed by atoms with van der Waals surface area (Å²) in [4.78, 5) is -0.919. The lowest BCUT2D eigenvalue weighted by Gasteiger charge is -2.05. The van der Waals surface area contributed by atoms with E-state index in [1.165, 1.54) is 12.1 Å². The molecule has 0 heterocycles. The van der Waals surface area contributed by atoms with E-state index in [1.807, 2.05) is 0 Å². The zero-order valence-electron chi connectivity index (χ0n) is 9.11. The molecule has 0 spiro atoms. The fraction of sp³-hybridized carbons (Fsp3) is 0. The minimum absolute atomic E-state index is 0.186. The Labute approximate surface area is 114 Å². The van der Waals surface area contributed by atoms with Crippen LogP contribution in [0.4, 0.5) is 0 Å². The summed E-state index contributed by atoms with van der Waals surface area (Å²) in [6.45, 7) is 0. The predicted molar refractivity (Wildman–Crippen MR) is 68.6 cm³/mol. The monoisotopic (exact) mass is 322 g/mol. The van der Waals surface area contributed by atoms with E-state index in [-0.39, 0.29) is 15.3 Å². The quantitative estimate of drug-likeness (QED) is 0.818. The number of benzene rings is 2. The number of hydrogen-bond acceptors (Lipinski definition) is 4. The maximum Gasteiger partial charge on any atom is 0.296 e. The molecule has 0 bridgehead atoms. The minimum atomic E-state index is -4.52. The van der Waals surface area contributed by atoms with Gasteiger partial charge in [0.25, 0.3) is 20.2 Å². The third-order valence-electron chi connectivity index (χ3n) is 2.44. The fourth-order valence-corrected chi connectivity index (χ4v) is 3.15. The molecular formula is C10H7ClO6S2. The SMILES string of the molecule is O=S(=O)(O)c1ccc2cc(Cl)c(S(=O)(=O)O)cc2c1. The van der Waals surface area contributed by atoms with Crippen LogP contribution in [0.5, 0.6) is 0 Å². The highest BCUT2D eigenvalue weighted by Crippen LogP contribution is 2.28. The third-order valence-corrected chi connectivity index (χ3v) is 4.61. The molecule has 2 aromatic carbocycles. The van der Waals surface area contributed by atoms with Gasteiger partial charge in [-0.25, -0.2) is 0 Å². The molecule has 0 amide bonds. The van der Waals surface area contributed by atoms with Crippen molar-refractivity contribution in [3.05, 3.63) is 35.4 Å². The molecule has 9 heteroatoms. The maximum atomic E-state index is 11.1. The summed E-state index contributed by atoms with van der Waals surface area (Å²) >= 11 is 5.71. The van der Waals surface area contributed by atoms with Crippen LogP contribution < -0.4 is 0 Å². The van der Waals surface area contributed by atoms with Crippen molar-refractivity contribution in [3.8, 4) is 0 Å². The van der Waals surface area contributed by atoms with E-state index in [1.54, 1.807) is 0 Å². The molecule has 0 saturated carbocycles. The van der Waals surface area contributed by atoms with Crippen LogP contribution in [0.15, 0.2) is 40.1 Å². The van der Waals surface area contributed by atoms with E-state index in [2.05, 4.69) is 0 Å². The fourth-order valence-electron chi connectivity index (χ4n) is 1.59. The molecule has 2 N–H and O–H groups in total. The van der Waals surface area contributed by atoms with Crippen molar-refractivity contribution in [2.75, 3.05) is 0 Å². The summed E-state index contributed by atoms with van der Waals surface area (Å²) in [7, 11) is -8.91. The Hall–Kier alpha value is -1.19. The van der Waals surface area contributed by atoms with Gasteiger partial charge in [-0.2, -0.15) is 16.8 Å². The maximum absolute atomic E-state index is 11.1. The molecule has 0 atom stereocenters. The van der Waals surface area contributed by atoms with Gasteiger partial charge in [0.1, 0.15) is 4.90 Å². The van der Waals surface area contributed by atoms with Gasteiger partial charge in [-0.3, -0.25) is 9.11 Å². The van der Waals surface area contributed by atoms with Gasteiger partial charge in [0.15, 0.2) is 0 Å². The van der Waals surface area contributed by atoms with Crippen molar-refractivity contribution in [1.82, 2.24) is 0 Å². The predicted octanol–water partition coefficient (Wildman–Crippen LogP) is 1.99. The minimum Gasteiger partial charge on any atom is -0.282 e. The molecule has 2 rings (SSSR count). The van der Waals surface area contributed by atoms with E-state index in [0.717, 1.165) is 18.2 Å². The van der Waals surface area contributed by atoms with Crippen LogP contribution in [-0.2, 0) is 20.2 Å². The average molecular weight is 323 g/mol. The van der Waals surface area contributed by atoms with Crippen molar-refractivity contribution in [3.63, 3.8) is 0 Å². The molecule has 0 aromatic heterocycles. The summed E-state index contributed by atoms with van der Waals surface area (Å²) in [5.41, 5.74) is 0. The van der Waals surface area contributed by atoms with Gasteiger partial charge in [0, 0.05) is 0 Å². The molecule has 6 nitrogen and oxygen atoms in total. The normalized spacial score (nSPS) is 12.8. The molecule has 102 valence electrons. The smallest absolute Gasteiger partial charge is 0.282 e. The molecule has 0 unspecified atom stereocenters. The molecule has 0 aliphatic heterocycles. The van der Waals surface area contributed by atoms with E-state index in [0.29, 0.717) is 5.39 Å². The highest BCUT2D eigenvalue weighted by atomic mass is 35.5. The second-order valence-electron chi connectivity index (χ2n) is 3.74. The van der Waals surface area contributed by atoms with Gasteiger partial charge in [0.2, 0.25) is 0 Å². The van der Waals surface area contributed by atoms with Gasteiger partial charge >= 0.3 is 0 Å². The highest BCUT2D eigenvalue weighted by Gasteiger charge is 2.17. The standard InChI is InChI=1S/C10H7ClO6S2/c11-9-4-6-1-2-8(18(12,13)14)3-7(6)5-10(9)19(15,16)17/h1-5H,(H,12,13,14)(H,15,16,17). The number of fused-ring (bicyclic) bond motifs is 1. The van der Waals surface area contributed by atoms with Crippen molar-refractivity contribution >= 4 is 42.6 Å². The molecule has 0 aliphatic carbocycles. The van der Waals surface area contributed by atoms with Gasteiger partial charge in [-0.15, -0.1) is 0 Å². The molecule has 0 aliphatic rings. The Morgan fingerprint density at radius 3 is 2.00 bits per heavy atom. The second kappa shape index (κ2) is 4.43. The van der Waals surface area contributed by atoms with Crippen molar-refractivity contribution in [2.45, 2.75) is 9.79 Å². The van der Waals surface area contributed by atoms with Crippen molar-refractivity contribution in [1.29, 1.82) is 0 Å². The lowest BCUT2D eigenvalue weighted by molar-refractivity contribution is 0.481. The zero-order chi connectivity index (χ0) is 14.4. The summed E-state index contributed by atoms with van der Waals surface area (Å²) < 4.78 is 62.0. The lowest BCUT2D eigenvalue weighted by atomic mass is 10.1. The first-order chi connectivity index (χ1) is 8.59. The first kappa shape index (κ1) is 14.2. The Balaban J connectivity index is 2.83. The third kappa shape index (κ3) is 2.88. The summed E-state index contributed by atoms with van der Waals surface area (Å²) in [5.74, 6) is 0. The Morgan fingerprint density at radius 1 is 0.842 bits per heavy atom. The molecule has 0 fully saturated rings. The zero-order valence-corrected chi connectivity index (χ0v) is 11.5. The molecule has 0 saturated heterocycles. The molecule has 2 aromatic rings. The highest BCUT2D eigenvalue weighted by molar-refractivity contribution is 7.86. The molecular weight excluding hydrogens is 316 g/mol. The number of rotatable bonds is 2. The summed E-state index contributed by atoms with van der Waals surface area (Å²) in [6.07, 6.45) is 0. The Bertz CT molecular complexity index is 870. The molecule has 0 radical (unpaired) electrons. The van der Waals surface area contributed by atoms with Gasteiger partial charge in [-0.05, 0) is 35.0 Å².